The Balaban J connectivity index is 1.01. The number of carbonyl (C=O) groups excluding carboxylic acids is 2. The van der Waals surface area contributed by atoms with Crippen LogP contribution in [-0.2, 0) is 38.8 Å². The second-order valence-electron chi connectivity index (χ2n) is 15.1. The molecule has 56 heavy (non-hydrogen) atoms. The van der Waals surface area contributed by atoms with E-state index in [1.807, 2.05) is 78.9 Å². The van der Waals surface area contributed by atoms with Gasteiger partial charge in [0.1, 0.15) is 6.04 Å². The minimum atomic E-state index is -5.02. The number of likely N-dealkylation sites (tertiary alicyclic amines) is 1. The predicted octanol–water partition coefficient (Wildman–Crippen LogP) is 6.62. The maximum absolute atomic E-state index is 13.1. The molecule has 3 heterocycles. The van der Waals surface area contributed by atoms with Crippen LogP contribution in [0.4, 0.5) is 13.2 Å². The first kappa shape index (κ1) is 39.6. The molecule has 4 aromatic carbocycles. The van der Waals surface area contributed by atoms with Gasteiger partial charge in [-0.25, -0.2) is 0 Å². The fourth-order valence-corrected chi connectivity index (χ4v) is 8.00. The molecule has 3 aliphatic heterocycles. The molecule has 2 N–H and O–H groups in total. The molecule has 4 aromatic rings. The first-order valence-electron chi connectivity index (χ1n) is 19.4. The molecule has 0 unspecified atom stereocenters. The zero-order chi connectivity index (χ0) is 39.2. The molecule has 0 aliphatic carbocycles. The van der Waals surface area contributed by atoms with Crippen LogP contribution in [0.5, 0.6) is 0 Å². The number of hydrogen-bond donors (Lipinski definition) is 2. The highest BCUT2D eigenvalue weighted by molar-refractivity contribution is 5.90. The van der Waals surface area contributed by atoms with E-state index in [2.05, 4.69) is 46.3 Å². The lowest BCUT2D eigenvalue weighted by Crippen LogP contribution is -2.51. The number of aliphatic hydroxyl groups excluding tert-OH is 1. The topological polar surface area (TPSA) is 94.6 Å². The third-order valence-electron chi connectivity index (χ3n) is 11.2. The average Bonchev–Trinajstić information content (AvgIpc) is 3.72. The summed E-state index contributed by atoms with van der Waals surface area (Å²) in [6.07, 6.45) is -5.40. The lowest BCUT2D eigenvalue weighted by molar-refractivity contribution is -0.276. The number of nitrogens with one attached hydrogen (secondary N) is 1. The van der Waals surface area contributed by atoms with Crippen LogP contribution in [0, 0.1) is 5.92 Å². The SMILES string of the molecule is C[C@H]1[C@@H](CN2CCN(Cc3ccccc3)CC2)O[C@@H](c2ccc(-c3cccc(CNC(=O)[C@@H]4CCCN4C(=O)C(F)(F)F)c3)cc2)O[C@H]1c1ccc(CO)cc1. The van der Waals surface area contributed by atoms with Crippen LogP contribution < -0.4 is 5.32 Å². The average molecular weight is 771 g/mol. The summed E-state index contributed by atoms with van der Waals surface area (Å²) >= 11 is 0. The maximum atomic E-state index is 13.1. The number of aliphatic hydroxyl groups is 1. The molecule has 0 radical (unpaired) electrons. The summed E-state index contributed by atoms with van der Waals surface area (Å²) in [5.74, 6) is -2.50. The third-order valence-corrected chi connectivity index (χ3v) is 11.2. The lowest BCUT2D eigenvalue weighted by Gasteiger charge is -2.44. The van der Waals surface area contributed by atoms with Gasteiger partial charge in [0.2, 0.25) is 5.91 Å². The lowest BCUT2D eigenvalue weighted by atomic mass is 9.89. The second-order valence-corrected chi connectivity index (χ2v) is 15.1. The Morgan fingerprint density at radius 1 is 0.768 bits per heavy atom. The number of halogens is 3. The number of amides is 2. The number of benzene rings is 4. The Morgan fingerprint density at radius 2 is 1.45 bits per heavy atom. The molecular formula is C44H49F3N4O5. The fourth-order valence-electron chi connectivity index (χ4n) is 8.00. The van der Waals surface area contributed by atoms with Crippen molar-refractivity contribution in [3.63, 3.8) is 0 Å². The molecule has 0 bridgehead atoms. The van der Waals surface area contributed by atoms with Crippen molar-refractivity contribution in [2.45, 2.75) is 70.2 Å². The van der Waals surface area contributed by atoms with E-state index in [4.69, 9.17) is 9.47 Å². The second kappa shape index (κ2) is 17.7. The molecular weight excluding hydrogens is 722 g/mol. The van der Waals surface area contributed by atoms with Gasteiger partial charge in [-0.3, -0.25) is 19.4 Å². The maximum Gasteiger partial charge on any atom is 0.471 e. The van der Waals surface area contributed by atoms with E-state index in [9.17, 15) is 27.9 Å². The Morgan fingerprint density at radius 3 is 2.14 bits per heavy atom. The van der Waals surface area contributed by atoms with Crippen molar-refractivity contribution >= 4 is 11.8 Å². The Kier molecular flexibility index (Phi) is 12.5. The van der Waals surface area contributed by atoms with Crippen LogP contribution in [0.25, 0.3) is 11.1 Å². The molecule has 0 aromatic heterocycles. The molecule has 2 amide bonds. The zero-order valence-electron chi connectivity index (χ0n) is 31.5. The molecule has 0 saturated carbocycles. The van der Waals surface area contributed by atoms with Gasteiger partial charge >= 0.3 is 12.1 Å². The monoisotopic (exact) mass is 770 g/mol. The number of rotatable bonds is 11. The summed E-state index contributed by atoms with van der Waals surface area (Å²) in [6.45, 7) is 7.78. The van der Waals surface area contributed by atoms with Crippen molar-refractivity contribution < 1.29 is 37.3 Å². The molecule has 3 aliphatic rings. The van der Waals surface area contributed by atoms with Gasteiger partial charge in [0.15, 0.2) is 6.29 Å². The van der Waals surface area contributed by atoms with Crippen molar-refractivity contribution in [2.24, 2.45) is 5.92 Å². The first-order chi connectivity index (χ1) is 27.1. The van der Waals surface area contributed by atoms with Crippen LogP contribution in [0.1, 0.15) is 60.0 Å². The quantitative estimate of drug-likeness (QED) is 0.177. The molecule has 5 atom stereocenters. The van der Waals surface area contributed by atoms with Gasteiger partial charge in [0, 0.05) is 63.8 Å². The van der Waals surface area contributed by atoms with E-state index < -0.39 is 30.3 Å². The van der Waals surface area contributed by atoms with Crippen molar-refractivity contribution in [2.75, 3.05) is 39.3 Å². The van der Waals surface area contributed by atoms with Gasteiger partial charge in [0.05, 0.1) is 18.8 Å². The van der Waals surface area contributed by atoms with E-state index in [-0.39, 0.29) is 44.2 Å². The molecule has 12 heteroatoms. The standard InChI is InChI=1S/C44H49F3N4O5/c1-30-39(28-50-23-21-49(22-24-50)27-31-7-3-2-4-8-31)55-42(56-40(30)35-14-12-32(29-52)13-15-35)36-18-16-34(17-19-36)37-10-5-9-33(25-37)26-48-41(53)38-11-6-20-51(38)43(54)44(45,46)47/h2-5,7-10,12-19,25,30,38-40,42,52H,6,11,20-24,26-29H2,1H3,(H,48,53)/t30-,38-,39+,40+,42+/m0/s1. The van der Waals surface area contributed by atoms with E-state index in [0.29, 0.717) is 11.3 Å². The van der Waals surface area contributed by atoms with Gasteiger partial charge in [-0.05, 0) is 52.3 Å². The number of alkyl halides is 3. The van der Waals surface area contributed by atoms with E-state index in [0.717, 1.165) is 72.6 Å². The first-order valence-corrected chi connectivity index (χ1v) is 19.4. The predicted molar refractivity (Wildman–Crippen MR) is 206 cm³/mol. The summed E-state index contributed by atoms with van der Waals surface area (Å²) in [6, 6.07) is 33.0. The Bertz CT molecular complexity index is 1920. The number of ether oxygens (including phenoxy) is 2. The van der Waals surface area contributed by atoms with Crippen LogP contribution in [0.3, 0.4) is 0 Å². The summed E-state index contributed by atoms with van der Waals surface area (Å²) in [4.78, 5) is 30.3. The minimum absolute atomic E-state index is 0.0252. The van der Waals surface area contributed by atoms with Gasteiger partial charge in [-0.1, -0.05) is 104 Å². The molecule has 3 saturated heterocycles. The zero-order valence-corrected chi connectivity index (χ0v) is 31.5. The summed E-state index contributed by atoms with van der Waals surface area (Å²) in [5, 5.41) is 12.4. The number of piperazine rings is 1. The highest BCUT2D eigenvalue weighted by Gasteiger charge is 2.47. The Hall–Kier alpha value is -4.59. The summed E-state index contributed by atoms with van der Waals surface area (Å²) in [5.41, 5.74) is 6.70. The van der Waals surface area contributed by atoms with Gasteiger partial charge in [0.25, 0.3) is 0 Å². The summed E-state index contributed by atoms with van der Waals surface area (Å²) < 4.78 is 52.7. The van der Waals surface area contributed by atoms with E-state index in [1.165, 1.54) is 5.56 Å². The molecule has 3 fully saturated rings. The highest BCUT2D eigenvalue weighted by Crippen LogP contribution is 2.42. The number of carbonyl (C=O) groups is 2. The number of hydrogen-bond acceptors (Lipinski definition) is 7. The smallest absolute Gasteiger partial charge is 0.392 e. The Labute approximate surface area is 326 Å². The minimum Gasteiger partial charge on any atom is -0.392 e. The van der Waals surface area contributed by atoms with Crippen LogP contribution in [-0.4, -0.2) is 89.2 Å². The molecule has 9 nitrogen and oxygen atoms in total. The van der Waals surface area contributed by atoms with E-state index >= 15 is 0 Å². The van der Waals surface area contributed by atoms with Crippen molar-refractivity contribution in [1.29, 1.82) is 0 Å². The highest BCUT2D eigenvalue weighted by atomic mass is 19.4. The van der Waals surface area contributed by atoms with Gasteiger partial charge < -0.3 is 24.8 Å². The largest absolute Gasteiger partial charge is 0.471 e. The van der Waals surface area contributed by atoms with Gasteiger partial charge in [-0.2, -0.15) is 13.2 Å². The van der Waals surface area contributed by atoms with Crippen LogP contribution >= 0.6 is 0 Å². The van der Waals surface area contributed by atoms with E-state index in [1.54, 1.807) is 0 Å². The van der Waals surface area contributed by atoms with Gasteiger partial charge in [-0.15, -0.1) is 0 Å². The van der Waals surface area contributed by atoms with Crippen molar-refractivity contribution in [3.8, 4) is 11.1 Å². The molecule has 7 rings (SSSR count). The van der Waals surface area contributed by atoms with Crippen molar-refractivity contribution in [1.82, 2.24) is 20.0 Å². The number of nitrogens with zero attached hydrogens (tertiary/aromatic N) is 3. The fraction of sp³-hybridized carbons (Fsp3) is 0.409. The van der Waals surface area contributed by atoms with Crippen molar-refractivity contribution in [3.05, 3.63) is 131 Å². The van der Waals surface area contributed by atoms with Crippen LogP contribution in [0.15, 0.2) is 103 Å². The third kappa shape index (κ3) is 9.50. The summed E-state index contributed by atoms with van der Waals surface area (Å²) in [7, 11) is 0. The normalized spacial score (nSPS) is 23.6. The molecule has 296 valence electrons. The van der Waals surface area contributed by atoms with Crippen LogP contribution in [0.2, 0.25) is 0 Å². The molecule has 0 spiro atoms.